The van der Waals surface area contributed by atoms with Crippen LogP contribution in [-0.2, 0) is 20.9 Å². The van der Waals surface area contributed by atoms with Gasteiger partial charge in [-0.3, -0.25) is 14.5 Å². The van der Waals surface area contributed by atoms with E-state index in [4.69, 9.17) is 4.74 Å². The molecule has 3 heterocycles. The van der Waals surface area contributed by atoms with Crippen molar-refractivity contribution in [3.63, 3.8) is 0 Å². The summed E-state index contributed by atoms with van der Waals surface area (Å²) < 4.78 is 6.42. The molecule has 4 atom stereocenters. The number of hydrogen-bond donors (Lipinski definition) is 1. The van der Waals surface area contributed by atoms with Crippen LogP contribution in [0.25, 0.3) is 11.6 Å². The predicted molar refractivity (Wildman–Crippen MR) is 154 cm³/mol. The molecule has 6 heteroatoms. The number of fused-ring (bicyclic) bond motifs is 3. The third kappa shape index (κ3) is 4.99. The zero-order chi connectivity index (χ0) is 26.9. The maximum atomic E-state index is 13.6. The number of allylic oxidation sites excluding steroid dienone is 2. The van der Waals surface area contributed by atoms with Crippen molar-refractivity contribution in [3.8, 4) is 5.75 Å². The molecule has 39 heavy (non-hydrogen) atoms. The molecule has 1 aliphatic carbocycles. The predicted octanol–water partition coefficient (Wildman–Crippen LogP) is 6.70. The van der Waals surface area contributed by atoms with E-state index in [2.05, 4.69) is 25.1 Å². The average Bonchev–Trinajstić information content (AvgIpc) is 3.67. The standard InChI is InChI=1S/C33H33NO4S/c1-2-22-18-27-31(33(37)34(32(27)36)19-26-12-7-15-39-26)28-20-38-29(30(22)28)14-13-24(23-9-4-3-5-10-23)16-21-8-6-11-25(35)17-21/h3-12,15-17,27-29,31,35H,2,13-14,18-20H2,1H3/b24-16-/t27-,28+,29-,31-/m1/s1. The van der Waals surface area contributed by atoms with Gasteiger partial charge in [-0.05, 0) is 71.5 Å². The number of ether oxygens (including phenoxy) is 1. The van der Waals surface area contributed by atoms with Gasteiger partial charge in [0.25, 0.3) is 0 Å². The highest BCUT2D eigenvalue weighted by molar-refractivity contribution is 7.09. The molecule has 0 spiro atoms. The van der Waals surface area contributed by atoms with Gasteiger partial charge in [0.1, 0.15) is 5.75 Å². The first kappa shape index (κ1) is 25.8. The summed E-state index contributed by atoms with van der Waals surface area (Å²) in [5, 5.41) is 12.0. The van der Waals surface area contributed by atoms with E-state index in [0.717, 1.165) is 35.3 Å². The first-order chi connectivity index (χ1) is 19.0. The van der Waals surface area contributed by atoms with Crippen LogP contribution < -0.4 is 0 Å². The minimum atomic E-state index is -0.316. The second kappa shape index (κ2) is 10.9. The Morgan fingerprint density at radius 3 is 2.64 bits per heavy atom. The number of imide groups is 1. The van der Waals surface area contributed by atoms with Gasteiger partial charge in [-0.15, -0.1) is 11.3 Å². The maximum absolute atomic E-state index is 13.6. The van der Waals surface area contributed by atoms with Crippen LogP contribution in [0.4, 0.5) is 0 Å². The Kier molecular flexibility index (Phi) is 7.24. The second-order valence-corrected chi connectivity index (χ2v) is 11.7. The highest BCUT2D eigenvalue weighted by Gasteiger charge is 2.56. The zero-order valence-corrected chi connectivity index (χ0v) is 22.9. The Bertz CT molecular complexity index is 1420. The lowest BCUT2D eigenvalue weighted by Crippen LogP contribution is -2.34. The molecule has 2 fully saturated rings. The summed E-state index contributed by atoms with van der Waals surface area (Å²) in [7, 11) is 0. The van der Waals surface area contributed by atoms with Crippen LogP contribution in [0, 0.1) is 17.8 Å². The summed E-state index contributed by atoms with van der Waals surface area (Å²) in [5.41, 5.74) is 5.83. The van der Waals surface area contributed by atoms with Gasteiger partial charge in [0.05, 0.1) is 31.1 Å². The van der Waals surface area contributed by atoms with E-state index >= 15 is 0 Å². The van der Waals surface area contributed by atoms with Gasteiger partial charge in [0, 0.05) is 10.8 Å². The van der Waals surface area contributed by atoms with E-state index in [1.165, 1.54) is 21.6 Å². The number of hydrogen-bond acceptors (Lipinski definition) is 5. The quantitative estimate of drug-likeness (QED) is 0.197. The molecule has 2 saturated heterocycles. The van der Waals surface area contributed by atoms with Gasteiger partial charge in [-0.25, -0.2) is 0 Å². The van der Waals surface area contributed by atoms with Crippen LogP contribution in [0.2, 0.25) is 0 Å². The number of carbonyl (C=O) groups excluding carboxylic acids is 2. The summed E-state index contributed by atoms with van der Waals surface area (Å²) in [6.45, 7) is 3.01. The summed E-state index contributed by atoms with van der Waals surface area (Å²) in [5.74, 6) is -0.417. The first-order valence-electron chi connectivity index (χ1n) is 13.8. The first-order valence-corrected chi connectivity index (χ1v) is 14.7. The Balaban J connectivity index is 1.24. The van der Waals surface area contributed by atoms with Crippen molar-refractivity contribution in [1.82, 2.24) is 4.90 Å². The molecule has 200 valence electrons. The minimum Gasteiger partial charge on any atom is -0.508 e. The number of nitrogens with zero attached hydrogens (tertiary/aromatic N) is 1. The summed E-state index contributed by atoms with van der Waals surface area (Å²) in [6, 6.07) is 21.6. The van der Waals surface area contributed by atoms with Crippen molar-refractivity contribution in [2.24, 2.45) is 17.8 Å². The minimum absolute atomic E-state index is 0.0211. The Morgan fingerprint density at radius 2 is 1.90 bits per heavy atom. The number of phenols is 1. The lowest BCUT2D eigenvalue weighted by Gasteiger charge is -2.31. The SMILES string of the molecule is CCC1=C2[C@@H](CC/C(=C/c3cccc(O)c3)c3ccccc3)OC[C@@H]2[C@@H]2C(=O)N(Cc3cccs3)C(=O)[C@@H]2C1. The van der Waals surface area contributed by atoms with Crippen molar-refractivity contribution in [3.05, 3.63) is 99.3 Å². The molecule has 6 rings (SSSR count). The molecule has 1 N–H and O–H groups in total. The van der Waals surface area contributed by atoms with Gasteiger partial charge < -0.3 is 9.84 Å². The summed E-state index contributed by atoms with van der Waals surface area (Å²) >= 11 is 1.58. The number of carbonyl (C=O) groups is 2. The number of benzene rings is 2. The molecule has 3 aromatic rings. The van der Waals surface area contributed by atoms with Crippen molar-refractivity contribution < 1.29 is 19.4 Å². The normalized spacial score (nSPS) is 24.8. The zero-order valence-electron chi connectivity index (χ0n) is 22.1. The van der Waals surface area contributed by atoms with Crippen molar-refractivity contribution >= 4 is 34.8 Å². The van der Waals surface area contributed by atoms with Crippen molar-refractivity contribution in [2.75, 3.05) is 6.61 Å². The molecule has 5 nitrogen and oxygen atoms in total. The molecule has 2 amide bonds. The summed E-state index contributed by atoms with van der Waals surface area (Å²) in [4.78, 5) is 29.5. The molecule has 0 saturated carbocycles. The average molecular weight is 540 g/mol. The molecule has 0 unspecified atom stereocenters. The monoisotopic (exact) mass is 539 g/mol. The fourth-order valence-corrected chi connectivity index (χ4v) is 7.34. The molecule has 2 aromatic carbocycles. The van der Waals surface area contributed by atoms with E-state index < -0.39 is 0 Å². The third-order valence-electron chi connectivity index (χ3n) is 8.45. The topological polar surface area (TPSA) is 66.8 Å². The molecule has 0 bridgehead atoms. The molecular weight excluding hydrogens is 506 g/mol. The maximum Gasteiger partial charge on any atom is 0.234 e. The van der Waals surface area contributed by atoms with Gasteiger partial charge in [0.2, 0.25) is 11.8 Å². The van der Waals surface area contributed by atoms with E-state index in [-0.39, 0.29) is 41.4 Å². The lowest BCUT2D eigenvalue weighted by molar-refractivity contribution is -0.140. The van der Waals surface area contributed by atoms with Crippen LogP contribution in [0.1, 0.15) is 48.6 Å². The number of likely N-dealkylation sites (tertiary alicyclic amines) is 1. The Labute approximate surface area is 233 Å². The van der Waals surface area contributed by atoms with Crippen LogP contribution in [0.3, 0.4) is 0 Å². The number of amides is 2. The Morgan fingerprint density at radius 1 is 1.05 bits per heavy atom. The number of aromatic hydroxyl groups is 1. The molecular formula is C33H33NO4S. The van der Waals surface area contributed by atoms with Gasteiger partial charge in [-0.2, -0.15) is 0 Å². The van der Waals surface area contributed by atoms with Crippen LogP contribution in [0.5, 0.6) is 5.75 Å². The fraction of sp³-hybridized carbons (Fsp3) is 0.333. The van der Waals surface area contributed by atoms with Gasteiger partial charge in [0.15, 0.2) is 0 Å². The highest BCUT2D eigenvalue weighted by atomic mass is 32.1. The van der Waals surface area contributed by atoms with Gasteiger partial charge >= 0.3 is 0 Å². The van der Waals surface area contributed by atoms with Crippen LogP contribution >= 0.6 is 11.3 Å². The molecule has 3 aliphatic rings. The molecule has 1 aromatic heterocycles. The van der Waals surface area contributed by atoms with Crippen molar-refractivity contribution in [2.45, 2.75) is 45.3 Å². The lowest BCUT2D eigenvalue weighted by atomic mass is 9.69. The highest BCUT2D eigenvalue weighted by Crippen LogP contribution is 2.51. The fourth-order valence-electron chi connectivity index (χ4n) is 6.65. The van der Waals surface area contributed by atoms with E-state index in [1.807, 2.05) is 47.8 Å². The van der Waals surface area contributed by atoms with E-state index in [0.29, 0.717) is 19.6 Å². The number of rotatable bonds is 8. The largest absolute Gasteiger partial charge is 0.508 e. The molecule has 2 aliphatic heterocycles. The number of phenolic OH excluding ortho intramolecular Hbond substituents is 1. The van der Waals surface area contributed by atoms with Crippen LogP contribution in [-0.4, -0.2) is 34.5 Å². The second-order valence-electron chi connectivity index (χ2n) is 10.7. The van der Waals surface area contributed by atoms with Crippen LogP contribution in [0.15, 0.2) is 83.3 Å². The van der Waals surface area contributed by atoms with E-state index in [1.54, 1.807) is 23.5 Å². The summed E-state index contributed by atoms with van der Waals surface area (Å²) in [6.07, 6.45) is 5.19. The van der Waals surface area contributed by atoms with E-state index in [9.17, 15) is 14.7 Å². The number of thiophene rings is 1. The van der Waals surface area contributed by atoms with Crippen molar-refractivity contribution in [1.29, 1.82) is 0 Å². The smallest absolute Gasteiger partial charge is 0.234 e. The molecule has 0 radical (unpaired) electrons. The third-order valence-corrected chi connectivity index (χ3v) is 9.31. The van der Waals surface area contributed by atoms with Gasteiger partial charge in [-0.1, -0.05) is 67.1 Å². The Hall–Kier alpha value is -3.48.